The predicted octanol–water partition coefficient (Wildman–Crippen LogP) is 5.73. The van der Waals surface area contributed by atoms with Gasteiger partial charge in [0, 0.05) is 7.11 Å². The smallest absolute Gasteiger partial charge is 0.0319 e. The molecule has 0 aromatic rings. The minimum absolute atomic E-state index is 1.00. The first-order chi connectivity index (χ1) is 8.41. The summed E-state index contributed by atoms with van der Waals surface area (Å²) in [7, 11) is 1.00. The third kappa shape index (κ3) is 31.3. The van der Waals surface area contributed by atoms with Crippen LogP contribution in [-0.4, -0.2) is 12.2 Å². The maximum absolute atomic E-state index is 7.00. The highest BCUT2D eigenvalue weighted by Gasteiger charge is 1.95. The summed E-state index contributed by atoms with van der Waals surface area (Å²) in [6.07, 6.45) is 16.0. The summed E-state index contributed by atoms with van der Waals surface area (Å²) in [6.45, 7) is 10.5. The van der Waals surface area contributed by atoms with Gasteiger partial charge in [-0.1, -0.05) is 84.5 Å². The molecule has 0 aromatic heterocycles. The van der Waals surface area contributed by atoms with Gasteiger partial charge in [0.1, 0.15) is 0 Å². The minimum Gasteiger partial charge on any atom is -0.400 e. The maximum Gasteiger partial charge on any atom is 0.0319 e. The minimum atomic E-state index is 1.00. The van der Waals surface area contributed by atoms with E-state index in [1.165, 1.54) is 70.6 Å². The zero-order chi connectivity index (χ0) is 13.8. The van der Waals surface area contributed by atoms with Crippen LogP contribution in [0.3, 0.4) is 0 Å². The fourth-order valence-electron chi connectivity index (χ4n) is 1.74. The van der Waals surface area contributed by atoms with Gasteiger partial charge >= 0.3 is 0 Å². The first-order valence-corrected chi connectivity index (χ1v) is 7.36. The quantitative estimate of drug-likeness (QED) is 0.382. The van der Waals surface area contributed by atoms with E-state index in [-0.39, 0.29) is 0 Å². The Morgan fingerprint density at radius 2 is 0.824 bits per heavy atom. The Labute approximate surface area is 110 Å². The van der Waals surface area contributed by atoms with E-state index < -0.39 is 0 Å². The van der Waals surface area contributed by atoms with Gasteiger partial charge in [0.05, 0.1) is 0 Å². The van der Waals surface area contributed by atoms with E-state index in [0.717, 1.165) is 7.11 Å². The Hall–Kier alpha value is -0.300. The van der Waals surface area contributed by atoms with Crippen LogP contribution in [0.15, 0.2) is 13.2 Å². The van der Waals surface area contributed by atoms with Gasteiger partial charge in [-0.25, -0.2) is 0 Å². The third-order valence-electron chi connectivity index (χ3n) is 2.71. The van der Waals surface area contributed by atoms with E-state index in [0.29, 0.717) is 0 Å². The Bertz CT molecular complexity index is 67.9. The summed E-state index contributed by atoms with van der Waals surface area (Å²) in [5.74, 6) is 0. The molecule has 1 heteroatoms. The molecule has 0 unspecified atom stereocenters. The first kappa shape index (κ1) is 21.9. The average molecular weight is 244 g/mol. The van der Waals surface area contributed by atoms with Gasteiger partial charge in [0.2, 0.25) is 0 Å². The standard InChI is InChI=1S/C7H14.C6H14.C2H4.CH4O/c1-2-4-6-7-5-3-1;1-3-5-6-4-2;2*1-2/h1-7H2;3-6H2,1-2H3;1-2H2;2H,1H3. The highest BCUT2D eigenvalue weighted by atomic mass is 16.2. The average Bonchev–Trinajstić information content (AvgIpc) is 2.74. The fraction of sp³-hybridized carbons (Fsp3) is 0.875. The second-order valence-electron chi connectivity index (χ2n) is 4.18. The lowest BCUT2D eigenvalue weighted by molar-refractivity contribution is 0.399. The molecule has 0 amide bonds. The van der Waals surface area contributed by atoms with Crippen LogP contribution in [-0.2, 0) is 0 Å². The lowest BCUT2D eigenvalue weighted by atomic mass is 10.2. The van der Waals surface area contributed by atoms with Gasteiger partial charge in [0.15, 0.2) is 0 Å². The molecule has 1 fully saturated rings. The van der Waals surface area contributed by atoms with Crippen molar-refractivity contribution in [1.29, 1.82) is 0 Å². The molecule has 0 bridgehead atoms. The molecule has 1 aliphatic rings. The Morgan fingerprint density at radius 1 is 0.647 bits per heavy atom. The SMILES string of the molecule is C1CCCCCC1.C=C.CCCCCC.CO. The van der Waals surface area contributed by atoms with Crippen LogP contribution in [0.4, 0.5) is 0 Å². The maximum atomic E-state index is 7.00. The number of aliphatic hydroxyl groups is 1. The molecular formula is C16H36O. The highest BCUT2D eigenvalue weighted by molar-refractivity contribution is 4.51. The highest BCUT2D eigenvalue weighted by Crippen LogP contribution is 2.15. The summed E-state index contributed by atoms with van der Waals surface area (Å²) < 4.78 is 0. The number of unbranched alkanes of at least 4 members (excludes halogenated alkanes) is 3. The number of hydrogen-bond donors (Lipinski definition) is 1. The van der Waals surface area contributed by atoms with Gasteiger partial charge in [-0.05, 0) is 0 Å². The summed E-state index contributed by atoms with van der Waals surface area (Å²) in [6, 6.07) is 0. The molecule has 0 spiro atoms. The van der Waals surface area contributed by atoms with Crippen molar-refractivity contribution in [2.45, 2.75) is 84.5 Å². The lowest BCUT2D eigenvalue weighted by Gasteiger charge is -1.86. The molecule has 0 atom stereocenters. The second kappa shape index (κ2) is 29.6. The Kier molecular flexibility index (Phi) is 38.2. The second-order valence-corrected chi connectivity index (χ2v) is 4.18. The van der Waals surface area contributed by atoms with E-state index in [4.69, 9.17) is 5.11 Å². The zero-order valence-corrected chi connectivity index (χ0v) is 12.6. The van der Waals surface area contributed by atoms with Crippen molar-refractivity contribution in [3.8, 4) is 0 Å². The molecule has 1 nitrogen and oxygen atoms in total. The summed E-state index contributed by atoms with van der Waals surface area (Å²) in [4.78, 5) is 0. The van der Waals surface area contributed by atoms with Crippen molar-refractivity contribution in [2.75, 3.05) is 7.11 Å². The number of aliphatic hydroxyl groups excluding tert-OH is 1. The zero-order valence-electron chi connectivity index (χ0n) is 12.6. The molecule has 1 N–H and O–H groups in total. The fourth-order valence-corrected chi connectivity index (χ4v) is 1.74. The van der Waals surface area contributed by atoms with Gasteiger partial charge in [-0.2, -0.15) is 0 Å². The first-order valence-electron chi connectivity index (χ1n) is 7.36. The molecule has 1 saturated carbocycles. The van der Waals surface area contributed by atoms with Crippen molar-refractivity contribution in [1.82, 2.24) is 0 Å². The number of rotatable bonds is 3. The Morgan fingerprint density at radius 3 is 0.941 bits per heavy atom. The third-order valence-corrected chi connectivity index (χ3v) is 2.71. The molecule has 0 radical (unpaired) electrons. The van der Waals surface area contributed by atoms with Gasteiger partial charge < -0.3 is 5.11 Å². The van der Waals surface area contributed by atoms with Gasteiger partial charge in [-0.15, -0.1) is 13.2 Å². The monoisotopic (exact) mass is 244 g/mol. The van der Waals surface area contributed by atoms with Crippen LogP contribution in [0.5, 0.6) is 0 Å². The molecule has 0 saturated heterocycles. The molecule has 1 aliphatic carbocycles. The van der Waals surface area contributed by atoms with Gasteiger partial charge in [-0.3, -0.25) is 0 Å². The van der Waals surface area contributed by atoms with Crippen LogP contribution in [0.25, 0.3) is 0 Å². The normalized spacial score (nSPS) is 13.6. The van der Waals surface area contributed by atoms with Crippen molar-refractivity contribution >= 4 is 0 Å². The molecule has 0 aliphatic heterocycles. The van der Waals surface area contributed by atoms with Crippen LogP contribution in [0.1, 0.15) is 84.5 Å². The predicted molar refractivity (Wildman–Crippen MR) is 81.5 cm³/mol. The van der Waals surface area contributed by atoms with Crippen molar-refractivity contribution in [3.05, 3.63) is 13.2 Å². The van der Waals surface area contributed by atoms with Crippen LogP contribution in [0, 0.1) is 0 Å². The van der Waals surface area contributed by atoms with Crippen molar-refractivity contribution < 1.29 is 5.11 Å². The summed E-state index contributed by atoms with van der Waals surface area (Å²) in [5, 5.41) is 7.00. The van der Waals surface area contributed by atoms with E-state index in [1.54, 1.807) is 0 Å². The van der Waals surface area contributed by atoms with E-state index in [1.807, 2.05) is 0 Å². The van der Waals surface area contributed by atoms with E-state index in [9.17, 15) is 0 Å². The lowest BCUT2D eigenvalue weighted by Crippen LogP contribution is -1.66. The molecule has 0 heterocycles. The Balaban J connectivity index is -0.000000180. The largest absolute Gasteiger partial charge is 0.400 e. The van der Waals surface area contributed by atoms with E-state index >= 15 is 0 Å². The van der Waals surface area contributed by atoms with Crippen LogP contribution >= 0.6 is 0 Å². The molecule has 106 valence electrons. The van der Waals surface area contributed by atoms with Crippen LogP contribution in [0.2, 0.25) is 0 Å². The molecule has 17 heavy (non-hydrogen) atoms. The van der Waals surface area contributed by atoms with Crippen molar-refractivity contribution in [3.63, 3.8) is 0 Å². The summed E-state index contributed by atoms with van der Waals surface area (Å²) in [5.41, 5.74) is 0. The summed E-state index contributed by atoms with van der Waals surface area (Å²) >= 11 is 0. The number of hydrogen-bond acceptors (Lipinski definition) is 1. The molecule has 1 rings (SSSR count). The topological polar surface area (TPSA) is 20.2 Å². The van der Waals surface area contributed by atoms with Crippen molar-refractivity contribution in [2.24, 2.45) is 0 Å². The van der Waals surface area contributed by atoms with Crippen LogP contribution < -0.4 is 0 Å². The van der Waals surface area contributed by atoms with E-state index in [2.05, 4.69) is 27.0 Å². The van der Waals surface area contributed by atoms with Gasteiger partial charge in [0.25, 0.3) is 0 Å². The molecule has 0 aromatic carbocycles. The molecular weight excluding hydrogens is 208 g/mol.